The minimum Gasteiger partial charge on any atom is -0.478 e. The van der Waals surface area contributed by atoms with Crippen molar-refractivity contribution in [2.75, 3.05) is 23.9 Å². The lowest BCUT2D eigenvalue weighted by Gasteiger charge is -2.10. The predicted octanol–water partition coefficient (Wildman–Crippen LogP) is 3.70. The van der Waals surface area contributed by atoms with Crippen LogP contribution in [0.15, 0.2) is 22.7 Å². The van der Waals surface area contributed by atoms with Crippen molar-refractivity contribution < 1.29 is 9.90 Å². The first-order chi connectivity index (χ1) is 8.16. The number of benzene rings is 1. The summed E-state index contributed by atoms with van der Waals surface area (Å²) in [4.78, 5) is 11.1. The number of thioether (sulfide) groups is 1. The summed E-state index contributed by atoms with van der Waals surface area (Å²) < 4.78 is 0.610. The van der Waals surface area contributed by atoms with Gasteiger partial charge in [0.25, 0.3) is 0 Å². The molecule has 17 heavy (non-hydrogen) atoms. The van der Waals surface area contributed by atoms with E-state index in [9.17, 15) is 4.79 Å². The Bertz CT molecular complexity index is 385. The molecule has 0 saturated heterocycles. The van der Waals surface area contributed by atoms with Gasteiger partial charge < -0.3 is 10.4 Å². The van der Waals surface area contributed by atoms with E-state index in [4.69, 9.17) is 5.11 Å². The van der Waals surface area contributed by atoms with E-state index in [1.54, 1.807) is 12.1 Å². The average molecular weight is 318 g/mol. The van der Waals surface area contributed by atoms with Crippen LogP contribution in [0.5, 0.6) is 0 Å². The molecule has 0 aliphatic heterocycles. The molecule has 94 valence electrons. The van der Waals surface area contributed by atoms with E-state index in [2.05, 4.69) is 27.5 Å². The quantitative estimate of drug-likeness (QED) is 0.753. The summed E-state index contributed by atoms with van der Waals surface area (Å²) in [6.45, 7) is 0.803. The summed E-state index contributed by atoms with van der Waals surface area (Å²) in [5.74, 6) is 0.232. The van der Waals surface area contributed by atoms with E-state index in [-0.39, 0.29) is 0 Å². The largest absolute Gasteiger partial charge is 0.478 e. The molecule has 0 spiro atoms. The minimum atomic E-state index is -0.913. The number of carbonyl (C=O) groups is 1. The summed E-state index contributed by atoms with van der Waals surface area (Å²) in [7, 11) is 0. The molecule has 1 aromatic carbocycles. The standard InChI is InChI=1S/C12H16BrNO2S/c1-17-8-3-2-7-14-10-6-4-5-9(13)11(10)12(15)16/h4-6,14H,2-3,7-8H2,1H3,(H,15,16). The van der Waals surface area contributed by atoms with E-state index in [1.165, 1.54) is 0 Å². The number of halogens is 1. The van der Waals surface area contributed by atoms with Crippen LogP contribution in [0.1, 0.15) is 23.2 Å². The van der Waals surface area contributed by atoms with Gasteiger partial charge in [-0.2, -0.15) is 11.8 Å². The molecule has 0 fully saturated rings. The number of hydrogen-bond acceptors (Lipinski definition) is 3. The topological polar surface area (TPSA) is 49.3 Å². The fraction of sp³-hybridized carbons (Fsp3) is 0.417. The number of rotatable bonds is 7. The molecule has 0 atom stereocenters. The fourth-order valence-electron chi connectivity index (χ4n) is 1.48. The molecule has 1 rings (SSSR count). The molecule has 2 N–H and O–H groups in total. The van der Waals surface area contributed by atoms with Crippen molar-refractivity contribution in [2.24, 2.45) is 0 Å². The van der Waals surface area contributed by atoms with Gasteiger partial charge in [0.1, 0.15) is 0 Å². The molecule has 3 nitrogen and oxygen atoms in total. The van der Waals surface area contributed by atoms with Crippen LogP contribution in [0.25, 0.3) is 0 Å². The van der Waals surface area contributed by atoms with Crippen LogP contribution in [-0.2, 0) is 0 Å². The molecule has 1 aromatic rings. The van der Waals surface area contributed by atoms with Crippen LogP contribution in [-0.4, -0.2) is 29.6 Å². The number of carboxylic acid groups (broad SMARTS) is 1. The molecule has 0 saturated carbocycles. The lowest BCUT2D eigenvalue weighted by atomic mass is 10.1. The molecule has 0 unspecified atom stereocenters. The summed E-state index contributed by atoms with van der Waals surface area (Å²) in [6, 6.07) is 5.37. The van der Waals surface area contributed by atoms with E-state index in [0.717, 1.165) is 25.1 Å². The maximum atomic E-state index is 11.1. The van der Waals surface area contributed by atoms with Crippen molar-refractivity contribution in [2.45, 2.75) is 12.8 Å². The van der Waals surface area contributed by atoms with E-state index in [0.29, 0.717) is 15.7 Å². The van der Waals surface area contributed by atoms with Gasteiger partial charge in [0.15, 0.2) is 0 Å². The monoisotopic (exact) mass is 317 g/mol. The Morgan fingerprint density at radius 2 is 2.24 bits per heavy atom. The molecule has 0 aliphatic rings. The van der Waals surface area contributed by atoms with Gasteiger partial charge in [0, 0.05) is 16.7 Å². The van der Waals surface area contributed by atoms with Crippen molar-refractivity contribution in [3.63, 3.8) is 0 Å². The molecule has 0 aliphatic carbocycles. The van der Waals surface area contributed by atoms with Crippen LogP contribution in [0.4, 0.5) is 5.69 Å². The maximum Gasteiger partial charge on any atom is 0.338 e. The van der Waals surface area contributed by atoms with Gasteiger partial charge in [-0.1, -0.05) is 6.07 Å². The second-order valence-corrected chi connectivity index (χ2v) is 5.43. The van der Waals surface area contributed by atoms with Crippen LogP contribution in [0.3, 0.4) is 0 Å². The van der Waals surface area contributed by atoms with Gasteiger partial charge in [-0.25, -0.2) is 4.79 Å². The van der Waals surface area contributed by atoms with Gasteiger partial charge in [0.05, 0.1) is 5.56 Å². The normalized spacial score (nSPS) is 10.2. The van der Waals surface area contributed by atoms with E-state index >= 15 is 0 Å². The van der Waals surface area contributed by atoms with Gasteiger partial charge >= 0.3 is 5.97 Å². The fourth-order valence-corrected chi connectivity index (χ4v) is 2.51. The molecule has 0 heterocycles. The Morgan fingerprint density at radius 3 is 2.88 bits per heavy atom. The Morgan fingerprint density at radius 1 is 1.47 bits per heavy atom. The highest BCUT2D eigenvalue weighted by Crippen LogP contribution is 2.24. The average Bonchev–Trinajstić information content (AvgIpc) is 2.28. The molecule has 5 heteroatoms. The highest BCUT2D eigenvalue weighted by Gasteiger charge is 2.13. The summed E-state index contributed by atoms with van der Waals surface area (Å²) in [5.41, 5.74) is 0.980. The third-order valence-electron chi connectivity index (χ3n) is 2.32. The zero-order chi connectivity index (χ0) is 12.7. The smallest absolute Gasteiger partial charge is 0.338 e. The molecular formula is C12H16BrNO2S. The molecular weight excluding hydrogens is 302 g/mol. The molecule has 0 bridgehead atoms. The third kappa shape index (κ3) is 4.60. The minimum absolute atomic E-state index is 0.303. The van der Waals surface area contributed by atoms with Crippen LogP contribution in [0, 0.1) is 0 Å². The summed E-state index contributed by atoms with van der Waals surface area (Å²) in [5, 5.41) is 12.3. The second-order valence-electron chi connectivity index (χ2n) is 3.59. The molecule has 0 amide bonds. The van der Waals surface area contributed by atoms with Crippen molar-refractivity contribution in [3.8, 4) is 0 Å². The predicted molar refractivity (Wildman–Crippen MR) is 77.2 cm³/mol. The highest BCUT2D eigenvalue weighted by molar-refractivity contribution is 9.10. The highest BCUT2D eigenvalue weighted by atomic mass is 79.9. The maximum absolute atomic E-state index is 11.1. The van der Waals surface area contributed by atoms with Crippen LogP contribution < -0.4 is 5.32 Å². The number of hydrogen-bond donors (Lipinski definition) is 2. The van der Waals surface area contributed by atoms with Crippen molar-refractivity contribution in [1.82, 2.24) is 0 Å². The number of nitrogens with one attached hydrogen (secondary N) is 1. The molecule has 0 aromatic heterocycles. The van der Waals surface area contributed by atoms with Gasteiger partial charge in [0.2, 0.25) is 0 Å². The molecule has 0 radical (unpaired) electrons. The van der Waals surface area contributed by atoms with Crippen molar-refractivity contribution in [1.29, 1.82) is 0 Å². The van der Waals surface area contributed by atoms with Crippen molar-refractivity contribution >= 4 is 39.3 Å². The SMILES string of the molecule is CSCCCCNc1cccc(Br)c1C(=O)O. The third-order valence-corrected chi connectivity index (χ3v) is 3.68. The Labute approximate surface area is 114 Å². The number of unbranched alkanes of at least 4 members (excludes halogenated alkanes) is 1. The summed E-state index contributed by atoms with van der Waals surface area (Å²) in [6.07, 6.45) is 4.28. The lowest BCUT2D eigenvalue weighted by molar-refractivity contribution is 0.0697. The first-order valence-electron chi connectivity index (χ1n) is 5.41. The zero-order valence-electron chi connectivity index (χ0n) is 9.70. The number of aromatic carboxylic acids is 1. The Kier molecular flexibility index (Phi) is 6.44. The number of carboxylic acids is 1. The van der Waals surface area contributed by atoms with Gasteiger partial charge in [-0.3, -0.25) is 0 Å². The number of anilines is 1. The van der Waals surface area contributed by atoms with Gasteiger partial charge in [-0.15, -0.1) is 0 Å². The van der Waals surface area contributed by atoms with E-state index < -0.39 is 5.97 Å². The zero-order valence-corrected chi connectivity index (χ0v) is 12.1. The Hall–Kier alpha value is -0.680. The van der Waals surface area contributed by atoms with Crippen LogP contribution >= 0.6 is 27.7 Å². The Balaban J connectivity index is 2.58. The van der Waals surface area contributed by atoms with E-state index in [1.807, 2.05) is 17.8 Å². The summed E-state index contributed by atoms with van der Waals surface area (Å²) >= 11 is 5.09. The second kappa shape index (κ2) is 7.61. The van der Waals surface area contributed by atoms with Crippen LogP contribution in [0.2, 0.25) is 0 Å². The first-order valence-corrected chi connectivity index (χ1v) is 7.60. The lowest BCUT2D eigenvalue weighted by Crippen LogP contribution is -2.08. The van der Waals surface area contributed by atoms with Gasteiger partial charge in [-0.05, 0) is 52.9 Å². The first kappa shape index (κ1) is 14.4. The van der Waals surface area contributed by atoms with Crippen molar-refractivity contribution in [3.05, 3.63) is 28.2 Å².